The van der Waals surface area contributed by atoms with Gasteiger partial charge in [0.2, 0.25) is 0 Å². The van der Waals surface area contributed by atoms with Gasteiger partial charge in [-0.1, -0.05) is 44.1 Å². The summed E-state index contributed by atoms with van der Waals surface area (Å²) in [6.07, 6.45) is 13.7. The second-order valence-electron chi connectivity index (χ2n) is 7.49. The Hall–Kier alpha value is -2.33. The van der Waals surface area contributed by atoms with E-state index in [2.05, 4.69) is 36.9 Å². The molecule has 2 heterocycles. The highest BCUT2D eigenvalue weighted by Crippen LogP contribution is 2.24. The Morgan fingerprint density at radius 3 is 2.66 bits per heavy atom. The van der Waals surface area contributed by atoms with Crippen molar-refractivity contribution in [3.8, 4) is 0 Å². The topological polar surface area (TPSA) is 118 Å². The number of methoxy groups -OCH3 is 1. The van der Waals surface area contributed by atoms with Crippen LogP contribution in [0.2, 0.25) is 0 Å². The lowest BCUT2D eigenvalue weighted by Crippen LogP contribution is -2.47. The van der Waals surface area contributed by atoms with Gasteiger partial charge in [-0.3, -0.25) is 5.32 Å². The number of hydrogen-bond acceptors (Lipinski definition) is 8. The highest BCUT2D eigenvalue weighted by atomic mass is 32.1. The van der Waals surface area contributed by atoms with Gasteiger partial charge in [0.25, 0.3) is 0 Å². The average molecular weight is 463 g/mol. The van der Waals surface area contributed by atoms with E-state index in [1.165, 1.54) is 49.8 Å². The van der Waals surface area contributed by atoms with Crippen LogP contribution in [0.4, 0.5) is 5.13 Å². The van der Waals surface area contributed by atoms with Crippen molar-refractivity contribution >= 4 is 33.2 Å². The van der Waals surface area contributed by atoms with Crippen molar-refractivity contribution in [2.75, 3.05) is 19.5 Å². The molecule has 5 N–H and O–H groups in total. The maximum atomic E-state index is 9.65. The summed E-state index contributed by atoms with van der Waals surface area (Å²) in [7, 11) is 3.25. The summed E-state index contributed by atoms with van der Waals surface area (Å²) in [6, 6.07) is 4.28. The van der Waals surface area contributed by atoms with Crippen molar-refractivity contribution in [3.63, 3.8) is 0 Å². The minimum Gasteiger partial charge on any atom is -0.390 e. The molecule has 9 heteroatoms. The van der Waals surface area contributed by atoms with Crippen LogP contribution >= 0.6 is 11.3 Å². The van der Waals surface area contributed by atoms with Crippen LogP contribution in [0.1, 0.15) is 52.4 Å². The molecule has 32 heavy (non-hydrogen) atoms. The van der Waals surface area contributed by atoms with Crippen LogP contribution in [0.15, 0.2) is 47.9 Å². The lowest BCUT2D eigenvalue weighted by Gasteiger charge is -2.30. The van der Waals surface area contributed by atoms with Crippen LogP contribution in [0.3, 0.4) is 0 Å². The molecule has 3 rings (SSSR count). The molecular weight excluding hydrogens is 424 g/mol. The Morgan fingerprint density at radius 2 is 2.09 bits per heavy atom. The van der Waals surface area contributed by atoms with E-state index in [9.17, 15) is 5.11 Å². The Bertz CT molecular complexity index is 811. The lowest BCUT2D eigenvalue weighted by molar-refractivity contribution is 0.0544. The molecule has 0 amide bonds. The lowest BCUT2D eigenvalue weighted by atomic mass is 9.94. The highest BCUT2D eigenvalue weighted by Gasteiger charge is 2.21. The molecule has 2 aromatic heterocycles. The molecule has 178 valence electrons. The van der Waals surface area contributed by atoms with Crippen LogP contribution in [0.5, 0.6) is 0 Å². The van der Waals surface area contributed by atoms with Gasteiger partial charge in [0.05, 0.1) is 6.34 Å². The zero-order valence-corrected chi connectivity index (χ0v) is 20.5. The molecule has 1 aliphatic rings. The summed E-state index contributed by atoms with van der Waals surface area (Å²) in [5.41, 5.74) is 5.28. The average Bonchev–Trinajstić information content (AvgIpc) is 3.18. The van der Waals surface area contributed by atoms with Crippen LogP contribution in [-0.2, 0) is 4.74 Å². The molecule has 1 unspecified atom stereocenters. The normalized spacial score (nSPS) is 16.5. The fraction of sp³-hybridized carbons (Fsp3) is 0.522. The number of pyridine rings is 1. The molecule has 0 aromatic carbocycles. The Morgan fingerprint density at radius 1 is 1.41 bits per heavy atom. The summed E-state index contributed by atoms with van der Waals surface area (Å²) in [6.45, 7) is 7.37. The molecule has 1 fully saturated rings. The van der Waals surface area contributed by atoms with Gasteiger partial charge in [-0.15, -0.1) is 0 Å². The SMILES string of the molecule is C=CC(C)(O)NC1CCCCC1.CC/C=C(\N=C/N)Nc1nc2cccnc2s1.COC. The van der Waals surface area contributed by atoms with Crippen LogP contribution in [-0.4, -0.2) is 47.4 Å². The number of nitrogens with two attached hydrogens (primary N) is 1. The fourth-order valence-electron chi connectivity index (χ4n) is 3.06. The summed E-state index contributed by atoms with van der Waals surface area (Å²) in [5.74, 6) is 0.703. The van der Waals surface area contributed by atoms with Crippen LogP contribution in [0, 0.1) is 0 Å². The quantitative estimate of drug-likeness (QED) is 0.208. The standard InChI is InChI=1S/C11H13N5S.C10H19NO.C2H6O/c1-2-4-9(14-7-12)16-11-15-8-5-3-6-13-10(8)17-11;1-3-10(2,12)11-9-7-5-4-6-8-9;1-3-2/h3-7H,2H2,1H3,(H2,12,14)(H,15,16);3,9,11-12H,1,4-8H2,2H3;1-2H3/b9-4+;;. The van der Waals surface area contributed by atoms with Gasteiger partial charge in [-0.25, -0.2) is 15.0 Å². The summed E-state index contributed by atoms with van der Waals surface area (Å²) < 4.78 is 4.25. The first kappa shape index (κ1) is 27.7. The number of anilines is 1. The molecule has 0 saturated heterocycles. The number of aromatic nitrogens is 2. The second kappa shape index (κ2) is 15.5. The summed E-state index contributed by atoms with van der Waals surface area (Å²) in [5, 5.41) is 16.7. The minimum absolute atomic E-state index is 0.478. The molecular formula is C23H38N6O2S. The number of aliphatic imine (C=N–C) groups is 1. The van der Waals surface area contributed by atoms with Gasteiger partial charge in [0.15, 0.2) is 5.13 Å². The van der Waals surface area contributed by atoms with E-state index >= 15 is 0 Å². The third kappa shape index (κ3) is 10.8. The number of hydrogen-bond donors (Lipinski definition) is 4. The summed E-state index contributed by atoms with van der Waals surface area (Å²) in [4.78, 5) is 13.6. The predicted molar refractivity (Wildman–Crippen MR) is 136 cm³/mol. The second-order valence-corrected chi connectivity index (χ2v) is 8.46. The molecule has 1 atom stereocenters. The Labute approximate surface area is 195 Å². The molecule has 0 spiro atoms. The summed E-state index contributed by atoms with van der Waals surface area (Å²) >= 11 is 1.49. The fourth-order valence-corrected chi connectivity index (χ4v) is 3.88. The largest absolute Gasteiger partial charge is 0.390 e. The van der Waals surface area contributed by atoms with Crippen molar-refractivity contribution in [2.24, 2.45) is 10.7 Å². The van der Waals surface area contributed by atoms with Crippen LogP contribution in [0.25, 0.3) is 10.3 Å². The molecule has 0 radical (unpaired) electrons. The predicted octanol–water partition coefficient (Wildman–Crippen LogP) is 4.41. The zero-order valence-electron chi connectivity index (χ0n) is 19.7. The maximum absolute atomic E-state index is 9.65. The third-order valence-corrected chi connectivity index (χ3v) is 5.41. The Kier molecular flexibility index (Phi) is 13.4. The monoisotopic (exact) mass is 462 g/mol. The third-order valence-electron chi connectivity index (χ3n) is 4.51. The van der Waals surface area contributed by atoms with Crippen LogP contribution < -0.4 is 16.4 Å². The number of nitrogens with one attached hydrogen (secondary N) is 2. The van der Waals surface area contributed by atoms with E-state index in [-0.39, 0.29) is 0 Å². The molecule has 1 aliphatic carbocycles. The van der Waals surface area contributed by atoms with E-state index < -0.39 is 5.72 Å². The van der Waals surface area contributed by atoms with Crippen molar-refractivity contribution in [2.45, 2.75) is 64.1 Å². The van der Waals surface area contributed by atoms with Gasteiger partial charge in [-0.05, 0) is 50.5 Å². The van der Waals surface area contributed by atoms with Crippen molar-refractivity contribution < 1.29 is 9.84 Å². The number of thiazole rings is 1. The number of fused-ring (bicyclic) bond motifs is 1. The zero-order chi connectivity index (χ0) is 23.8. The molecule has 0 aliphatic heterocycles. The van der Waals surface area contributed by atoms with E-state index in [1.807, 2.05) is 25.1 Å². The number of ether oxygens (including phenoxy) is 1. The molecule has 2 aromatic rings. The number of rotatable bonds is 7. The minimum atomic E-state index is -0.887. The maximum Gasteiger partial charge on any atom is 0.190 e. The van der Waals surface area contributed by atoms with Gasteiger partial charge < -0.3 is 20.9 Å². The molecule has 8 nitrogen and oxygen atoms in total. The van der Waals surface area contributed by atoms with Crippen molar-refractivity contribution in [1.82, 2.24) is 15.3 Å². The number of nitrogens with zero attached hydrogens (tertiary/aromatic N) is 3. The smallest absolute Gasteiger partial charge is 0.190 e. The van der Waals surface area contributed by atoms with E-state index in [0.29, 0.717) is 11.9 Å². The number of allylic oxidation sites excluding steroid dienone is 1. The first-order chi connectivity index (χ1) is 15.4. The van der Waals surface area contributed by atoms with E-state index in [1.54, 1.807) is 33.4 Å². The van der Waals surface area contributed by atoms with Gasteiger partial charge in [0, 0.05) is 26.5 Å². The Balaban J connectivity index is 0.000000299. The van der Waals surface area contributed by atoms with Crippen molar-refractivity contribution in [1.29, 1.82) is 0 Å². The van der Waals surface area contributed by atoms with Gasteiger partial charge >= 0.3 is 0 Å². The molecule has 1 saturated carbocycles. The first-order valence-electron chi connectivity index (χ1n) is 10.9. The first-order valence-corrected chi connectivity index (χ1v) is 11.7. The molecule has 0 bridgehead atoms. The van der Waals surface area contributed by atoms with E-state index in [4.69, 9.17) is 5.73 Å². The van der Waals surface area contributed by atoms with Gasteiger partial charge in [-0.2, -0.15) is 0 Å². The van der Waals surface area contributed by atoms with E-state index in [0.717, 1.165) is 21.9 Å². The highest BCUT2D eigenvalue weighted by molar-refractivity contribution is 7.21. The van der Waals surface area contributed by atoms with Gasteiger partial charge in [0.1, 0.15) is 21.9 Å². The number of aliphatic hydroxyl groups is 1. The van der Waals surface area contributed by atoms with Crippen molar-refractivity contribution in [3.05, 3.63) is 42.9 Å².